The zero-order valence-electron chi connectivity index (χ0n) is 7.69. The van der Waals surface area contributed by atoms with Crippen LogP contribution in [0.15, 0.2) is 5.10 Å². The van der Waals surface area contributed by atoms with E-state index in [2.05, 4.69) is 10.5 Å². The highest BCUT2D eigenvalue weighted by Crippen LogP contribution is 2.29. The van der Waals surface area contributed by atoms with E-state index < -0.39 is 5.97 Å². The van der Waals surface area contributed by atoms with E-state index in [1.54, 1.807) is 0 Å². The van der Waals surface area contributed by atoms with Crippen molar-refractivity contribution in [3.63, 3.8) is 0 Å². The van der Waals surface area contributed by atoms with Crippen LogP contribution in [0.5, 0.6) is 0 Å². The van der Waals surface area contributed by atoms with E-state index in [1.165, 1.54) is 0 Å². The van der Waals surface area contributed by atoms with Crippen molar-refractivity contribution in [3.8, 4) is 0 Å². The Morgan fingerprint density at radius 1 is 1.29 bits per heavy atom. The van der Waals surface area contributed by atoms with Gasteiger partial charge in [0.2, 0.25) is 5.91 Å². The predicted molar refractivity (Wildman–Crippen MR) is 48.7 cm³/mol. The van der Waals surface area contributed by atoms with Gasteiger partial charge in [0, 0.05) is 24.5 Å². The third kappa shape index (κ3) is 1.92. The second-order valence-corrected chi connectivity index (χ2v) is 3.87. The van der Waals surface area contributed by atoms with Crippen LogP contribution in [0.4, 0.5) is 0 Å². The Morgan fingerprint density at radius 3 is 2.43 bits per heavy atom. The van der Waals surface area contributed by atoms with Gasteiger partial charge in [0.1, 0.15) is 0 Å². The molecule has 2 aliphatic carbocycles. The van der Waals surface area contributed by atoms with E-state index in [-0.39, 0.29) is 17.7 Å². The molecular formula is C9H12N2O3. The lowest BCUT2D eigenvalue weighted by Crippen LogP contribution is -2.33. The summed E-state index contributed by atoms with van der Waals surface area (Å²) in [6.07, 6.45) is 2.85. The van der Waals surface area contributed by atoms with Gasteiger partial charge in [0.15, 0.2) is 0 Å². The number of rotatable bonds is 3. The van der Waals surface area contributed by atoms with Crippen molar-refractivity contribution in [3.05, 3.63) is 0 Å². The highest BCUT2D eigenvalue weighted by molar-refractivity contribution is 5.98. The predicted octanol–water partition coefficient (Wildman–Crippen LogP) is 0.363. The summed E-state index contributed by atoms with van der Waals surface area (Å²) in [6, 6.07) is 0. The average molecular weight is 196 g/mol. The zero-order valence-corrected chi connectivity index (χ0v) is 7.69. The van der Waals surface area contributed by atoms with Crippen LogP contribution >= 0.6 is 0 Å². The maximum Gasteiger partial charge on any atom is 0.307 e. The first-order chi connectivity index (χ1) is 6.66. The van der Waals surface area contributed by atoms with E-state index >= 15 is 0 Å². The fourth-order valence-electron chi connectivity index (χ4n) is 1.35. The minimum absolute atomic E-state index is 0.0312. The van der Waals surface area contributed by atoms with Crippen LogP contribution in [0.1, 0.15) is 25.7 Å². The van der Waals surface area contributed by atoms with Crippen LogP contribution in [0.2, 0.25) is 0 Å². The van der Waals surface area contributed by atoms with Crippen LogP contribution in [-0.4, -0.2) is 22.7 Å². The highest BCUT2D eigenvalue weighted by atomic mass is 16.4. The van der Waals surface area contributed by atoms with E-state index in [4.69, 9.17) is 5.11 Å². The molecule has 14 heavy (non-hydrogen) atoms. The van der Waals surface area contributed by atoms with Gasteiger partial charge in [-0.05, 0) is 12.8 Å². The molecule has 2 saturated carbocycles. The largest absolute Gasteiger partial charge is 0.481 e. The van der Waals surface area contributed by atoms with Gasteiger partial charge < -0.3 is 5.11 Å². The molecular weight excluding hydrogens is 184 g/mol. The molecule has 0 aromatic rings. The fourth-order valence-corrected chi connectivity index (χ4v) is 1.35. The van der Waals surface area contributed by atoms with Crippen LogP contribution < -0.4 is 5.43 Å². The molecule has 1 amide bonds. The zero-order chi connectivity index (χ0) is 10.1. The Kier molecular flexibility index (Phi) is 2.23. The molecule has 2 rings (SSSR count). The fraction of sp³-hybridized carbons (Fsp3) is 0.667. The van der Waals surface area contributed by atoms with Gasteiger partial charge in [0.25, 0.3) is 0 Å². The van der Waals surface area contributed by atoms with Crippen molar-refractivity contribution in [1.82, 2.24) is 5.43 Å². The first-order valence-electron chi connectivity index (χ1n) is 4.75. The van der Waals surface area contributed by atoms with Crippen LogP contribution in [0, 0.1) is 11.8 Å². The van der Waals surface area contributed by atoms with Crippen molar-refractivity contribution >= 4 is 17.6 Å². The summed E-state index contributed by atoms with van der Waals surface area (Å²) in [7, 11) is 0. The van der Waals surface area contributed by atoms with Gasteiger partial charge in [-0.25, -0.2) is 5.43 Å². The lowest BCUT2D eigenvalue weighted by Gasteiger charge is -2.23. The van der Waals surface area contributed by atoms with Gasteiger partial charge in [-0.2, -0.15) is 5.10 Å². The Bertz CT molecular complexity index is 299. The SMILES string of the molecule is O=C(O)C1CC(=NNC(=O)C2CC2)C1. The van der Waals surface area contributed by atoms with E-state index in [0.717, 1.165) is 18.6 Å². The Labute approximate surface area is 81.2 Å². The Hall–Kier alpha value is -1.39. The lowest BCUT2D eigenvalue weighted by molar-refractivity contribution is -0.142. The van der Waals surface area contributed by atoms with Gasteiger partial charge in [-0.1, -0.05) is 0 Å². The third-order valence-electron chi connectivity index (χ3n) is 2.59. The van der Waals surface area contributed by atoms with Crippen molar-refractivity contribution in [2.75, 3.05) is 0 Å². The maximum absolute atomic E-state index is 11.1. The summed E-state index contributed by atoms with van der Waals surface area (Å²) >= 11 is 0. The standard InChI is InChI=1S/C9H12N2O3/c12-8(5-1-2-5)11-10-7-3-6(4-7)9(13)14/h5-6H,1-4H2,(H,11,12)(H,13,14). The number of hydrogen-bond acceptors (Lipinski definition) is 3. The number of nitrogens with one attached hydrogen (secondary N) is 1. The number of carboxylic acid groups (broad SMARTS) is 1. The molecule has 0 bridgehead atoms. The molecule has 0 spiro atoms. The topological polar surface area (TPSA) is 78.8 Å². The molecule has 0 radical (unpaired) electrons. The molecule has 0 heterocycles. The Morgan fingerprint density at radius 2 is 1.93 bits per heavy atom. The van der Waals surface area contributed by atoms with Gasteiger partial charge in [-0.15, -0.1) is 0 Å². The quantitative estimate of drug-likeness (QED) is 0.640. The number of aliphatic carboxylic acids is 1. The molecule has 0 aliphatic heterocycles. The number of carbonyl (C=O) groups is 2. The normalized spacial score (nSPS) is 25.1. The smallest absolute Gasteiger partial charge is 0.307 e. The first-order valence-corrected chi connectivity index (χ1v) is 4.75. The van der Waals surface area contributed by atoms with Crippen molar-refractivity contribution in [1.29, 1.82) is 0 Å². The summed E-state index contributed by atoms with van der Waals surface area (Å²) in [4.78, 5) is 21.6. The van der Waals surface area contributed by atoms with E-state index in [0.29, 0.717) is 12.8 Å². The van der Waals surface area contributed by atoms with Gasteiger partial charge in [0.05, 0.1) is 5.92 Å². The number of carboxylic acids is 1. The van der Waals surface area contributed by atoms with Crippen LogP contribution in [-0.2, 0) is 9.59 Å². The second kappa shape index (κ2) is 3.40. The summed E-state index contributed by atoms with van der Waals surface area (Å²) in [5.41, 5.74) is 3.25. The molecule has 0 atom stereocenters. The monoisotopic (exact) mass is 196 g/mol. The lowest BCUT2D eigenvalue weighted by atomic mass is 9.83. The number of hydrogen-bond donors (Lipinski definition) is 2. The minimum Gasteiger partial charge on any atom is -0.481 e. The summed E-state index contributed by atoms with van der Waals surface area (Å²) in [6.45, 7) is 0. The highest BCUT2D eigenvalue weighted by Gasteiger charge is 2.32. The summed E-state index contributed by atoms with van der Waals surface area (Å²) in [5.74, 6) is -0.963. The molecule has 5 heteroatoms. The Balaban J connectivity index is 1.73. The molecule has 5 nitrogen and oxygen atoms in total. The first kappa shape index (κ1) is 9.18. The van der Waals surface area contributed by atoms with Gasteiger partial charge in [-0.3, -0.25) is 9.59 Å². The van der Waals surface area contributed by atoms with Crippen LogP contribution in [0.3, 0.4) is 0 Å². The minimum atomic E-state index is -0.780. The summed E-state index contributed by atoms with van der Waals surface area (Å²) < 4.78 is 0. The number of carbonyl (C=O) groups excluding carboxylic acids is 1. The summed E-state index contributed by atoms with van der Waals surface area (Å²) in [5, 5.41) is 12.5. The van der Waals surface area contributed by atoms with E-state index in [1.807, 2.05) is 0 Å². The molecule has 0 unspecified atom stereocenters. The second-order valence-electron chi connectivity index (χ2n) is 3.87. The molecule has 0 saturated heterocycles. The average Bonchev–Trinajstić information content (AvgIpc) is 2.81. The van der Waals surface area contributed by atoms with Crippen LogP contribution in [0.25, 0.3) is 0 Å². The van der Waals surface area contributed by atoms with Crippen molar-refractivity contribution in [2.24, 2.45) is 16.9 Å². The number of amides is 1. The third-order valence-corrected chi connectivity index (χ3v) is 2.59. The van der Waals surface area contributed by atoms with Crippen molar-refractivity contribution < 1.29 is 14.7 Å². The molecule has 2 aliphatic rings. The van der Waals surface area contributed by atoms with E-state index in [9.17, 15) is 9.59 Å². The van der Waals surface area contributed by atoms with Gasteiger partial charge >= 0.3 is 5.97 Å². The molecule has 76 valence electrons. The number of nitrogens with zero attached hydrogens (tertiary/aromatic N) is 1. The molecule has 0 aromatic carbocycles. The van der Waals surface area contributed by atoms with Crippen molar-refractivity contribution in [2.45, 2.75) is 25.7 Å². The maximum atomic E-state index is 11.1. The molecule has 2 fully saturated rings. The molecule has 0 aromatic heterocycles. The molecule has 2 N–H and O–H groups in total. The number of hydrazone groups is 1.